The molecule has 0 amide bonds. The summed E-state index contributed by atoms with van der Waals surface area (Å²) < 4.78 is 18.0. The van der Waals surface area contributed by atoms with Crippen molar-refractivity contribution >= 4 is 21.5 Å². The summed E-state index contributed by atoms with van der Waals surface area (Å²) in [6.45, 7) is 3.14. The molecule has 36 heavy (non-hydrogen) atoms. The van der Waals surface area contributed by atoms with E-state index in [4.69, 9.17) is 14.2 Å². The van der Waals surface area contributed by atoms with Gasteiger partial charge in [-0.05, 0) is 78.2 Å². The number of methoxy groups -OCH3 is 1. The molecule has 2 saturated carbocycles. The summed E-state index contributed by atoms with van der Waals surface area (Å²) in [5.41, 5.74) is 0. The van der Waals surface area contributed by atoms with Gasteiger partial charge in [-0.25, -0.2) is 0 Å². The Kier molecular flexibility index (Phi) is 8.84. The van der Waals surface area contributed by atoms with Crippen LogP contribution >= 0.6 is 0 Å². The first-order valence-corrected chi connectivity index (χ1v) is 14.1. The molecule has 2 N–H and O–H groups in total. The summed E-state index contributed by atoms with van der Waals surface area (Å²) in [6, 6.07) is 16.1. The summed E-state index contributed by atoms with van der Waals surface area (Å²) in [4.78, 5) is 0. The zero-order chi connectivity index (χ0) is 24.6. The van der Waals surface area contributed by atoms with Crippen LogP contribution in [0.5, 0.6) is 17.2 Å². The molecule has 3 aromatic carbocycles. The topological polar surface area (TPSA) is 51.8 Å². The Hall–Kier alpha value is -2.50. The van der Waals surface area contributed by atoms with Crippen molar-refractivity contribution in [3.63, 3.8) is 0 Å². The van der Waals surface area contributed by atoms with E-state index >= 15 is 0 Å². The zero-order valence-corrected chi connectivity index (χ0v) is 21.8. The second kappa shape index (κ2) is 12.6. The molecule has 0 saturated heterocycles. The SMILES string of the molecule is COc1cc2cc(OCCNC3CCCCC3)ccc2c2ccc(OCCNC3CCCCC3)cc12. The molecule has 2 fully saturated rings. The lowest BCUT2D eigenvalue weighted by Crippen LogP contribution is -2.34. The van der Waals surface area contributed by atoms with E-state index in [2.05, 4.69) is 53.1 Å². The maximum atomic E-state index is 6.09. The zero-order valence-electron chi connectivity index (χ0n) is 21.8. The van der Waals surface area contributed by atoms with Gasteiger partial charge in [0.1, 0.15) is 30.5 Å². The minimum absolute atomic E-state index is 0.660. The van der Waals surface area contributed by atoms with E-state index in [-0.39, 0.29) is 0 Å². The average Bonchev–Trinajstić information content (AvgIpc) is 2.94. The van der Waals surface area contributed by atoms with Gasteiger partial charge in [0.15, 0.2) is 0 Å². The minimum atomic E-state index is 0.660. The first kappa shape index (κ1) is 25.2. The molecule has 0 unspecified atom stereocenters. The number of nitrogens with one attached hydrogen (secondary N) is 2. The molecule has 5 nitrogen and oxygen atoms in total. The van der Waals surface area contributed by atoms with Crippen LogP contribution in [0.15, 0.2) is 42.5 Å². The van der Waals surface area contributed by atoms with Crippen molar-refractivity contribution in [3.8, 4) is 17.2 Å². The van der Waals surface area contributed by atoms with Crippen molar-refractivity contribution in [2.45, 2.75) is 76.3 Å². The molecule has 2 aliphatic carbocycles. The van der Waals surface area contributed by atoms with Crippen molar-refractivity contribution < 1.29 is 14.2 Å². The van der Waals surface area contributed by atoms with Gasteiger partial charge >= 0.3 is 0 Å². The van der Waals surface area contributed by atoms with Crippen molar-refractivity contribution in [1.82, 2.24) is 10.6 Å². The van der Waals surface area contributed by atoms with Crippen molar-refractivity contribution in [3.05, 3.63) is 42.5 Å². The van der Waals surface area contributed by atoms with Crippen LogP contribution in [0.4, 0.5) is 0 Å². The second-order valence-electron chi connectivity index (χ2n) is 10.4. The van der Waals surface area contributed by atoms with Gasteiger partial charge in [0.2, 0.25) is 0 Å². The third kappa shape index (κ3) is 6.43. The van der Waals surface area contributed by atoms with Gasteiger partial charge in [-0.15, -0.1) is 0 Å². The number of ether oxygens (including phenoxy) is 3. The highest BCUT2D eigenvalue weighted by molar-refractivity contribution is 6.11. The van der Waals surface area contributed by atoms with E-state index in [1.807, 2.05) is 0 Å². The first-order valence-electron chi connectivity index (χ1n) is 14.1. The summed E-state index contributed by atoms with van der Waals surface area (Å²) in [5, 5.41) is 11.9. The minimum Gasteiger partial charge on any atom is -0.496 e. The molecule has 0 aromatic heterocycles. The second-order valence-corrected chi connectivity index (χ2v) is 10.4. The van der Waals surface area contributed by atoms with Gasteiger partial charge in [-0.1, -0.05) is 44.6 Å². The summed E-state index contributed by atoms with van der Waals surface area (Å²) in [6.07, 6.45) is 13.4. The Morgan fingerprint density at radius 2 is 1.19 bits per heavy atom. The normalized spacial score (nSPS) is 17.5. The van der Waals surface area contributed by atoms with Gasteiger partial charge in [-0.3, -0.25) is 0 Å². The van der Waals surface area contributed by atoms with Gasteiger partial charge in [0.25, 0.3) is 0 Å². The molecule has 0 spiro atoms. The predicted octanol–water partition coefficient (Wildman–Crippen LogP) is 6.60. The lowest BCUT2D eigenvalue weighted by atomic mass is 9.96. The van der Waals surface area contributed by atoms with E-state index in [1.165, 1.54) is 75.0 Å². The molecule has 0 aliphatic heterocycles. The number of benzene rings is 3. The van der Waals surface area contributed by atoms with Gasteiger partial charge in [0, 0.05) is 30.6 Å². The molecule has 5 rings (SSSR count). The highest BCUT2D eigenvalue weighted by Crippen LogP contribution is 2.37. The maximum Gasteiger partial charge on any atom is 0.127 e. The van der Waals surface area contributed by atoms with Crippen molar-refractivity contribution in [2.24, 2.45) is 0 Å². The molecule has 194 valence electrons. The first-order chi connectivity index (χ1) is 17.8. The van der Waals surface area contributed by atoms with E-state index < -0.39 is 0 Å². The molecule has 0 atom stereocenters. The smallest absolute Gasteiger partial charge is 0.127 e. The van der Waals surface area contributed by atoms with Crippen LogP contribution < -0.4 is 24.8 Å². The van der Waals surface area contributed by atoms with Gasteiger partial charge in [-0.2, -0.15) is 0 Å². The van der Waals surface area contributed by atoms with Crippen molar-refractivity contribution in [1.29, 1.82) is 0 Å². The average molecular weight is 491 g/mol. The van der Waals surface area contributed by atoms with E-state index in [9.17, 15) is 0 Å². The fourth-order valence-electron chi connectivity index (χ4n) is 5.91. The third-order valence-electron chi connectivity index (χ3n) is 7.89. The fourth-order valence-corrected chi connectivity index (χ4v) is 5.91. The molecule has 3 aromatic rings. The lowest BCUT2D eigenvalue weighted by molar-refractivity contribution is 0.289. The summed E-state index contributed by atoms with van der Waals surface area (Å²) >= 11 is 0. The Labute approximate surface area is 215 Å². The number of fused-ring (bicyclic) bond motifs is 3. The monoisotopic (exact) mass is 490 g/mol. The highest BCUT2D eigenvalue weighted by Gasteiger charge is 2.14. The Bertz CT molecular complexity index is 1120. The van der Waals surface area contributed by atoms with Crippen LogP contribution in [0.3, 0.4) is 0 Å². The molecular weight excluding hydrogens is 448 g/mol. The molecule has 0 radical (unpaired) electrons. The predicted molar refractivity (Wildman–Crippen MR) is 149 cm³/mol. The number of rotatable bonds is 11. The quantitative estimate of drug-likeness (QED) is 0.234. The van der Waals surface area contributed by atoms with Crippen molar-refractivity contribution in [2.75, 3.05) is 33.4 Å². The molecular formula is C31H42N2O3. The van der Waals surface area contributed by atoms with Gasteiger partial charge in [0.05, 0.1) is 7.11 Å². The van der Waals surface area contributed by atoms with Crippen LogP contribution in [-0.4, -0.2) is 45.5 Å². The van der Waals surface area contributed by atoms with Crippen LogP contribution in [0, 0.1) is 0 Å². The number of hydrogen-bond donors (Lipinski definition) is 2. The summed E-state index contributed by atoms with van der Waals surface area (Å²) in [5.74, 6) is 2.65. The standard InChI is InChI=1S/C31H42N2O3/c1-34-31-21-23-20-26(35-18-16-32-24-8-4-2-5-9-24)12-14-28(23)29-15-13-27(22-30(29)31)36-19-17-33-25-10-6-3-7-11-25/h12-15,20-22,24-25,32-33H,2-11,16-19H2,1H3. The van der Waals surface area contributed by atoms with E-state index in [0.29, 0.717) is 25.3 Å². The Balaban J connectivity index is 1.21. The van der Waals surface area contributed by atoms with Crippen LogP contribution in [0.25, 0.3) is 21.5 Å². The Morgan fingerprint density at radius 1 is 0.639 bits per heavy atom. The van der Waals surface area contributed by atoms with Gasteiger partial charge < -0.3 is 24.8 Å². The molecule has 2 aliphatic rings. The maximum absolute atomic E-state index is 6.09. The van der Waals surface area contributed by atoms with Crippen LogP contribution in [-0.2, 0) is 0 Å². The lowest BCUT2D eigenvalue weighted by Gasteiger charge is -2.22. The molecule has 0 bridgehead atoms. The molecule has 0 heterocycles. The number of hydrogen-bond acceptors (Lipinski definition) is 5. The molecule has 5 heteroatoms. The Morgan fingerprint density at radius 3 is 1.78 bits per heavy atom. The van der Waals surface area contributed by atoms with Crippen LogP contribution in [0.2, 0.25) is 0 Å². The van der Waals surface area contributed by atoms with E-state index in [0.717, 1.165) is 41.1 Å². The van der Waals surface area contributed by atoms with Crippen LogP contribution in [0.1, 0.15) is 64.2 Å². The highest BCUT2D eigenvalue weighted by atomic mass is 16.5. The summed E-state index contributed by atoms with van der Waals surface area (Å²) in [7, 11) is 1.74. The van der Waals surface area contributed by atoms with E-state index in [1.54, 1.807) is 7.11 Å². The largest absolute Gasteiger partial charge is 0.496 e. The fraction of sp³-hybridized carbons (Fsp3) is 0.548. The third-order valence-corrected chi connectivity index (χ3v) is 7.89.